The van der Waals surface area contributed by atoms with E-state index in [-0.39, 0.29) is 6.54 Å². The first-order valence-electron chi connectivity index (χ1n) is 4.69. The van der Waals surface area contributed by atoms with Crippen LogP contribution in [0.2, 0.25) is 0 Å². The summed E-state index contributed by atoms with van der Waals surface area (Å²) in [6.45, 7) is 4.07. The highest BCUT2D eigenvalue weighted by Crippen LogP contribution is 2.26. The number of hydrogen-bond donors (Lipinski definition) is 0. The van der Waals surface area contributed by atoms with E-state index in [9.17, 15) is 8.78 Å². The standard InChI is InChI=1S/C9H17F2N/c1-3-8-5-4-7(2)12(8)6-9(10)11/h7-9H,3-6H2,1-2H3. The van der Waals surface area contributed by atoms with Crippen molar-refractivity contribution in [3.05, 3.63) is 0 Å². The van der Waals surface area contributed by atoms with Crippen LogP contribution in [0.5, 0.6) is 0 Å². The minimum Gasteiger partial charge on any atom is -0.292 e. The Bertz CT molecular complexity index is 138. The van der Waals surface area contributed by atoms with Crippen molar-refractivity contribution in [3.8, 4) is 0 Å². The number of nitrogens with zero attached hydrogens (tertiary/aromatic N) is 1. The molecule has 1 saturated heterocycles. The van der Waals surface area contributed by atoms with E-state index in [0.29, 0.717) is 12.1 Å². The molecule has 1 aliphatic heterocycles. The predicted octanol–water partition coefficient (Wildman–Crippen LogP) is 2.51. The highest BCUT2D eigenvalue weighted by Gasteiger charge is 2.30. The molecule has 2 atom stereocenters. The zero-order chi connectivity index (χ0) is 9.14. The van der Waals surface area contributed by atoms with Gasteiger partial charge in [-0.2, -0.15) is 0 Å². The Labute approximate surface area is 72.7 Å². The number of rotatable bonds is 3. The van der Waals surface area contributed by atoms with E-state index >= 15 is 0 Å². The van der Waals surface area contributed by atoms with Crippen LogP contribution in [-0.2, 0) is 0 Å². The van der Waals surface area contributed by atoms with Gasteiger partial charge in [-0.1, -0.05) is 6.92 Å². The Morgan fingerprint density at radius 1 is 1.42 bits per heavy atom. The normalized spacial score (nSPS) is 31.8. The maximum Gasteiger partial charge on any atom is 0.251 e. The average molecular weight is 177 g/mol. The van der Waals surface area contributed by atoms with Crippen molar-refractivity contribution < 1.29 is 8.78 Å². The maximum atomic E-state index is 12.1. The lowest BCUT2D eigenvalue weighted by atomic mass is 10.1. The lowest BCUT2D eigenvalue weighted by Crippen LogP contribution is -2.37. The van der Waals surface area contributed by atoms with E-state index in [0.717, 1.165) is 19.3 Å². The quantitative estimate of drug-likeness (QED) is 0.640. The van der Waals surface area contributed by atoms with E-state index in [4.69, 9.17) is 0 Å². The van der Waals surface area contributed by atoms with Gasteiger partial charge < -0.3 is 0 Å². The van der Waals surface area contributed by atoms with Crippen LogP contribution in [-0.4, -0.2) is 30.0 Å². The average Bonchev–Trinajstić information content (AvgIpc) is 2.32. The van der Waals surface area contributed by atoms with Crippen molar-refractivity contribution in [1.82, 2.24) is 4.90 Å². The summed E-state index contributed by atoms with van der Waals surface area (Å²) in [6, 6.07) is 0.748. The van der Waals surface area contributed by atoms with Crippen molar-refractivity contribution in [1.29, 1.82) is 0 Å². The second-order valence-electron chi connectivity index (χ2n) is 3.58. The van der Waals surface area contributed by atoms with Crippen molar-refractivity contribution >= 4 is 0 Å². The number of hydrogen-bond acceptors (Lipinski definition) is 1. The molecule has 3 heteroatoms. The number of alkyl halides is 2. The SMILES string of the molecule is CCC1CCC(C)N1CC(F)F. The minimum absolute atomic E-state index is 0.0420. The molecule has 1 rings (SSSR count). The minimum atomic E-state index is -2.18. The molecule has 0 spiro atoms. The van der Waals surface area contributed by atoms with Gasteiger partial charge in [0.1, 0.15) is 0 Å². The van der Waals surface area contributed by atoms with Crippen LogP contribution in [0, 0.1) is 0 Å². The molecule has 0 bridgehead atoms. The van der Waals surface area contributed by atoms with Crippen LogP contribution in [0.1, 0.15) is 33.1 Å². The van der Waals surface area contributed by atoms with E-state index in [1.165, 1.54) is 0 Å². The van der Waals surface area contributed by atoms with Gasteiger partial charge in [-0.3, -0.25) is 4.90 Å². The molecule has 0 amide bonds. The smallest absolute Gasteiger partial charge is 0.251 e. The summed E-state index contributed by atoms with van der Waals surface area (Å²) in [5, 5.41) is 0. The van der Waals surface area contributed by atoms with E-state index in [1.54, 1.807) is 0 Å². The van der Waals surface area contributed by atoms with Gasteiger partial charge in [0.2, 0.25) is 0 Å². The van der Waals surface area contributed by atoms with E-state index < -0.39 is 6.43 Å². The molecule has 1 nitrogen and oxygen atoms in total. The fraction of sp³-hybridized carbons (Fsp3) is 1.00. The Hall–Kier alpha value is -0.180. The molecule has 1 fully saturated rings. The first-order chi connectivity index (χ1) is 5.65. The van der Waals surface area contributed by atoms with Gasteiger partial charge in [-0.25, -0.2) is 8.78 Å². The predicted molar refractivity (Wildman–Crippen MR) is 45.5 cm³/mol. The largest absolute Gasteiger partial charge is 0.292 e. The Kier molecular flexibility index (Phi) is 3.44. The molecular formula is C9H17F2N. The third-order valence-electron chi connectivity index (χ3n) is 2.77. The summed E-state index contributed by atoms with van der Waals surface area (Å²) >= 11 is 0. The van der Waals surface area contributed by atoms with Crippen LogP contribution >= 0.6 is 0 Å². The molecule has 12 heavy (non-hydrogen) atoms. The third-order valence-corrected chi connectivity index (χ3v) is 2.77. The Morgan fingerprint density at radius 2 is 2.08 bits per heavy atom. The zero-order valence-corrected chi connectivity index (χ0v) is 7.76. The molecule has 0 aliphatic carbocycles. The topological polar surface area (TPSA) is 3.24 Å². The van der Waals surface area contributed by atoms with Gasteiger partial charge in [0.15, 0.2) is 0 Å². The van der Waals surface area contributed by atoms with E-state index in [2.05, 4.69) is 6.92 Å². The van der Waals surface area contributed by atoms with Gasteiger partial charge in [0.05, 0.1) is 6.54 Å². The van der Waals surface area contributed by atoms with E-state index in [1.807, 2.05) is 11.8 Å². The molecule has 0 saturated carbocycles. The molecule has 2 unspecified atom stereocenters. The van der Waals surface area contributed by atoms with Crippen molar-refractivity contribution in [2.75, 3.05) is 6.54 Å². The lowest BCUT2D eigenvalue weighted by molar-refractivity contribution is 0.0649. The van der Waals surface area contributed by atoms with Crippen molar-refractivity contribution in [2.45, 2.75) is 51.6 Å². The van der Waals surface area contributed by atoms with Gasteiger partial charge in [-0.05, 0) is 26.2 Å². The molecule has 0 N–H and O–H groups in total. The summed E-state index contributed by atoms with van der Waals surface area (Å²) in [5.74, 6) is 0. The molecule has 0 aromatic rings. The van der Waals surface area contributed by atoms with Crippen LogP contribution in [0.15, 0.2) is 0 Å². The first-order valence-corrected chi connectivity index (χ1v) is 4.69. The molecule has 1 heterocycles. The fourth-order valence-corrected chi connectivity index (χ4v) is 2.05. The summed E-state index contributed by atoms with van der Waals surface area (Å²) < 4.78 is 24.3. The molecule has 0 radical (unpaired) electrons. The van der Waals surface area contributed by atoms with Gasteiger partial charge >= 0.3 is 0 Å². The molecule has 0 aromatic carbocycles. The number of likely N-dealkylation sites (tertiary alicyclic amines) is 1. The molecule has 72 valence electrons. The third kappa shape index (κ3) is 2.16. The molecule has 1 aliphatic rings. The fourth-order valence-electron chi connectivity index (χ4n) is 2.05. The Balaban J connectivity index is 2.46. The van der Waals surface area contributed by atoms with Crippen molar-refractivity contribution in [2.24, 2.45) is 0 Å². The lowest BCUT2D eigenvalue weighted by Gasteiger charge is -2.26. The summed E-state index contributed by atoms with van der Waals surface area (Å²) in [6.07, 6.45) is 0.978. The van der Waals surface area contributed by atoms with Gasteiger partial charge in [0.25, 0.3) is 6.43 Å². The van der Waals surface area contributed by atoms with Crippen molar-refractivity contribution in [3.63, 3.8) is 0 Å². The van der Waals surface area contributed by atoms with Crippen LogP contribution in [0.4, 0.5) is 8.78 Å². The summed E-state index contributed by atoms with van der Waals surface area (Å²) in [4.78, 5) is 1.95. The monoisotopic (exact) mass is 177 g/mol. The Morgan fingerprint density at radius 3 is 2.58 bits per heavy atom. The van der Waals surface area contributed by atoms with Gasteiger partial charge in [-0.15, -0.1) is 0 Å². The highest BCUT2D eigenvalue weighted by atomic mass is 19.3. The molecule has 0 aromatic heterocycles. The molecular weight excluding hydrogens is 160 g/mol. The van der Waals surface area contributed by atoms with Gasteiger partial charge in [0, 0.05) is 12.1 Å². The summed E-state index contributed by atoms with van der Waals surface area (Å²) in [7, 11) is 0. The maximum absolute atomic E-state index is 12.1. The highest BCUT2D eigenvalue weighted by molar-refractivity contribution is 4.84. The second-order valence-corrected chi connectivity index (χ2v) is 3.58. The van der Waals surface area contributed by atoms with Crippen LogP contribution < -0.4 is 0 Å². The number of halogens is 2. The van der Waals surface area contributed by atoms with Crippen LogP contribution in [0.3, 0.4) is 0 Å². The summed E-state index contributed by atoms with van der Waals surface area (Å²) in [5.41, 5.74) is 0. The first kappa shape index (κ1) is 9.90. The zero-order valence-electron chi connectivity index (χ0n) is 7.76. The van der Waals surface area contributed by atoms with Crippen LogP contribution in [0.25, 0.3) is 0 Å². The second kappa shape index (κ2) is 4.17.